The molecule has 0 amide bonds. The fourth-order valence-electron chi connectivity index (χ4n) is 5.56. The van der Waals surface area contributed by atoms with Crippen molar-refractivity contribution in [2.45, 2.75) is 97.3 Å². The first kappa shape index (κ1) is 19.0. The number of benzene rings is 1. The highest BCUT2D eigenvalue weighted by atomic mass is 14.4. The molecule has 2 aliphatic rings. The Hall–Kier alpha value is -0.780. The number of unbranched alkanes of at least 4 members (excludes halogenated alkanes) is 1. The van der Waals surface area contributed by atoms with Gasteiger partial charge in [0.2, 0.25) is 0 Å². The van der Waals surface area contributed by atoms with Crippen molar-refractivity contribution in [1.82, 2.24) is 0 Å². The average molecular weight is 341 g/mol. The molecular weight excluding hydrogens is 300 g/mol. The Morgan fingerprint density at radius 1 is 0.880 bits per heavy atom. The molecular formula is C25H40. The van der Waals surface area contributed by atoms with Crippen LogP contribution in [0.15, 0.2) is 24.3 Å². The van der Waals surface area contributed by atoms with Crippen molar-refractivity contribution in [2.24, 2.45) is 23.7 Å². The summed E-state index contributed by atoms with van der Waals surface area (Å²) in [5, 5.41) is 0. The fraction of sp³-hybridized carbons (Fsp3) is 0.760. The van der Waals surface area contributed by atoms with Gasteiger partial charge in [0.05, 0.1) is 0 Å². The first-order chi connectivity index (χ1) is 12.2. The Kier molecular flexibility index (Phi) is 7.02. The topological polar surface area (TPSA) is 0 Å². The maximum atomic E-state index is 2.57. The summed E-state index contributed by atoms with van der Waals surface area (Å²) in [6.07, 6.45) is 15.6. The first-order valence-corrected chi connectivity index (χ1v) is 11.3. The summed E-state index contributed by atoms with van der Waals surface area (Å²) in [6.45, 7) is 7.19. The van der Waals surface area contributed by atoms with Gasteiger partial charge >= 0.3 is 0 Å². The van der Waals surface area contributed by atoms with Gasteiger partial charge < -0.3 is 0 Å². The van der Waals surface area contributed by atoms with E-state index in [0.29, 0.717) is 0 Å². The molecule has 0 nitrogen and oxygen atoms in total. The summed E-state index contributed by atoms with van der Waals surface area (Å²) in [5.41, 5.74) is 3.14. The third-order valence-electron chi connectivity index (χ3n) is 7.50. The van der Waals surface area contributed by atoms with E-state index in [1.165, 1.54) is 76.2 Å². The quantitative estimate of drug-likeness (QED) is 0.453. The summed E-state index contributed by atoms with van der Waals surface area (Å²) in [7, 11) is 0. The van der Waals surface area contributed by atoms with Crippen LogP contribution in [0.4, 0.5) is 0 Å². The molecule has 2 saturated carbocycles. The van der Waals surface area contributed by atoms with Crippen molar-refractivity contribution in [3.05, 3.63) is 35.4 Å². The molecule has 140 valence electrons. The smallest absolute Gasteiger partial charge is 0.0162 e. The molecule has 1 unspecified atom stereocenters. The largest absolute Gasteiger partial charge is 0.0654 e. The van der Waals surface area contributed by atoms with Crippen LogP contribution in [-0.2, 0) is 6.42 Å². The molecule has 3 rings (SSSR count). The monoisotopic (exact) mass is 340 g/mol. The molecule has 1 aromatic carbocycles. The molecule has 0 radical (unpaired) electrons. The van der Waals surface area contributed by atoms with E-state index in [2.05, 4.69) is 45.0 Å². The van der Waals surface area contributed by atoms with Gasteiger partial charge in [0, 0.05) is 0 Å². The third-order valence-corrected chi connectivity index (χ3v) is 7.50. The summed E-state index contributed by atoms with van der Waals surface area (Å²) < 4.78 is 0. The molecule has 0 heterocycles. The minimum Gasteiger partial charge on any atom is -0.0654 e. The SMILES string of the molecule is CCCCc1ccc(C2CCC(C(C)C3CC(CCC)C3)CC2)cc1. The molecule has 0 heteroatoms. The molecule has 0 aliphatic heterocycles. The second-order valence-corrected chi connectivity index (χ2v) is 9.20. The van der Waals surface area contributed by atoms with E-state index in [1.54, 1.807) is 5.56 Å². The van der Waals surface area contributed by atoms with E-state index < -0.39 is 0 Å². The highest BCUT2D eigenvalue weighted by Gasteiger charge is 2.37. The number of hydrogen-bond donors (Lipinski definition) is 0. The standard InChI is InChI=1S/C25H40/c1-4-6-8-20-9-11-23(12-10-20)24-15-13-22(14-16-24)19(3)25-17-21(18-25)7-5-2/h9-12,19,21-22,24-25H,4-8,13-18H2,1-3H3. The summed E-state index contributed by atoms with van der Waals surface area (Å²) in [5.74, 6) is 4.94. The van der Waals surface area contributed by atoms with Crippen LogP contribution in [0, 0.1) is 23.7 Å². The van der Waals surface area contributed by atoms with Crippen LogP contribution in [0.2, 0.25) is 0 Å². The zero-order valence-corrected chi connectivity index (χ0v) is 17.0. The minimum absolute atomic E-state index is 0.831. The molecule has 2 aliphatic carbocycles. The Labute approximate surface area is 156 Å². The van der Waals surface area contributed by atoms with E-state index in [4.69, 9.17) is 0 Å². The average Bonchev–Trinajstić information content (AvgIpc) is 2.63. The maximum absolute atomic E-state index is 2.57. The zero-order chi connectivity index (χ0) is 17.6. The predicted octanol–water partition coefficient (Wildman–Crippen LogP) is 7.77. The van der Waals surface area contributed by atoms with Gasteiger partial charge in [0.25, 0.3) is 0 Å². The Balaban J connectivity index is 1.44. The van der Waals surface area contributed by atoms with E-state index in [1.807, 2.05) is 0 Å². The summed E-state index contributed by atoms with van der Waals surface area (Å²) in [4.78, 5) is 0. The van der Waals surface area contributed by atoms with Gasteiger partial charge in [-0.1, -0.05) is 64.3 Å². The Morgan fingerprint density at radius 3 is 2.16 bits per heavy atom. The van der Waals surface area contributed by atoms with Crippen molar-refractivity contribution in [2.75, 3.05) is 0 Å². The van der Waals surface area contributed by atoms with Gasteiger partial charge in [-0.25, -0.2) is 0 Å². The highest BCUT2D eigenvalue weighted by Crippen LogP contribution is 2.48. The van der Waals surface area contributed by atoms with Gasteiger partial charge in [-0.15, -0.1) is 0 Å². The van der Waals surface area contributed by atoms with Crippen LogP contribution < -0.4 is 0 Å². The predicted molar refractivity (Wildman–Crippen MR) is 110 cm³/mol. The Bertz CT molecular complexity index is 485. The molecule has 0 aromatic heterocycles. The van der Waals surface area contributed by atoms with E-state index in [9.17, 15) is 0 Å². The van der Waals surface area contributed by atoms with Crippen molar-refractivity contribution >= 4 is 0 Å². The number of hydrogen-bond acceptors (Lipinski definition) is 0. The fourth-order valence-corrected chi connectivity index (χ4v) is 5.56. The maximum Gasteiger partial charge on any atom is -0.0162 e. The van der Waals surface area contributed by atoms with E-state index in [0.717, 1.165) is 29.6 Å². The van der Waals surface area contributed by atoms with Gasteiger partial charge in [0.15, 0.2) is 0 Å². The van der Waals surface area contributed by atoms with Gasteiger partial charge in [-0.2, -0.15) is 0 Å². The van der Waals surface area contributed by atoms with Crippen LogP contribution in [0.1, 0.15) is 102 Å². The third kappa shape index (κ3) is 4.89. The lowest BCUT2D eigenvalue weighted by Gasteiger charge is -2.44. The second kappa shape index (κ2) is 9.24. The number of aryl methyl sites for hydroxylation is 1. The van der Waals surface area contributed by atoms with Crippen molar-refractivity contribution < 1.29 is 0 Å². The normalized spacial score (nSPS) is 30.7. The summed E-state index contributed by atoms with van der Waals surface area (Å²) >= 11 is 0. The van der Waals surface area contributed by atoms with Crippen LogP contribution in [0.25, 0.3) is 0 Å². The molecule has 0 saturated heterocycles. The minimum atomic E-state index is 0.831. The van der Waals surface area contributed by atoms with Crippen molar-refractivity contribution in [3.8, 4) is 0 Å². The lowest BCUT2D eigenvalue weighted by atomic mass is 9.62. The van der Waals surface area contributed by atoms with Crippen LogP contribution in [-0.4, -0.2) is 0 Å². The first-order valence-electron chi connectivity index (χ1n) is 11.3. The van der Waals surface area contributed by atoms with Gasteiger partial charge in [0.1, 0.15) is 0 Å². The molecule has 1 aromatic rings. The lowest BCUT2D eigenvalue weighted by molar-refractivity contribution is 0.0727. The lowest BCUT2D eigenvalue weighted by Crippen LogP contribution is -2.34. The molecule has 1 atom stereocenters. The van der Waals surface area contributed by atoms with Crippen LogP contribution in [0.3, 0.4) is 0 Å². The van der Waals surface area contributed by atoms with Gasteiger partial charge in [-0.05, 0) is 92.1 Å². The summed E-state index contributed by atoms with van der Waals surface area (Å²) in [6, 6.07) is 9.64. The molecule has 0 N–H and O–H groups in total. The molecule has 25 heavy (non-hydrogen) atoms. The van der Waals surface area contributed by atoms with E-state index in [-0.39, 0.29) is 0 Å². The van der Waals surface area contributed by atoms with E-state index >= 15 is 0 Å². The van der Waals surface area contributed by atoms with Crippen molar-refractivity contribution in [3.63, 3.8) is 0 Å². The van der Waals surface area contributed by atoms with Crippen LogP contribution >= 0.6 is 0 Å². The highest BCUT2D eigenvalue weighted by molar-refractivity contribution is 5.26. The van der Waals surface area contributed by atoms with Crippen LogP contribution in [0.5, 0.6) is 0 Å². The molecule has 0 bridgehead atoms. The van der Waals surface area contributed by atoms with Gasteiger partial charge in [-0.3, -0.25) is 0 Å². The zero-order valence-electron chi connectivity index (χ0n) is 17.0. The Morgan fingerprint density at radius 2 is 1.56 bits per heavy atom. The van der Waals surface area contributed by atoms with Crippen molar-refractivity contribution in [1.29, 1.82) is 0 Å². The molecule has 2 fully saturated rings. The number of rotatable bonds is 8. The molecule has 0 spiro atoms. The second-order valence-electron chi connectivity index (χ2n) is 9.20.